The molecule has 0 aliphatic rings. The third-order valence-corrected chi connectivity index (χ3v) is 6.35. The number of sulfonamides is 1. The Morgan fingerprint density at radius 1 is 0.865 bits per heavy atom. The highest BCUT2D eigenvalue weighted by atomic mass is 35.5. The molecule has 3 aromatic rings. The average Bonchev–Trinajstić information content (AvgIpc) is 3.19. The van der Waals surface area contributed by atoms with E-state index >= 15 is 0 Å². The van der Waals surface area contributed by atoms with Crippen LogP contribution in [0, 0.1) is 0 Å². The molecule has 200 valence electrons. The first-order chi connectivity index (χ1) is 16.7. The number of alkyl halides is 9. The smallest absolute Gasteiger partial charge is 0.266 e. The summed E-state index contributed by atoms with van der Waals surface area (Å²) in [6.07, 6.45) is -16.3. The van der Waals surface area contributed by atoms with E-state index in [-0.39, 0.29) is 26.9 Å². The van der Waals surface area contributed by atoms with Gasteiger partial charge in [-0.25, -0.2) is 17.8 Å². The largest absolute Gasteiger partial charge is 0.435 e. The number of carbonyl (C=O) groups excluding carboxylic acids is 1. The lowest BCUT2D eigenvalue weighted by molar-refractivity contribution is -0.143. The zero-order valence-electron chi connectivity index (χ0n) is 17.1. The van der Waals surface area contributed by atoms with E-state index in [4.69, 9.17) is 23.2 Å². The normalized spacial score (nSPS) is 13.1. The summed E-state index contributed by atoms with van der Waals surface area (Å²) in [5, 5.41) is 5.53. The summed E-state index contributed by atoms with van der Waals surface area (Å²) in [5.41, 5.74) is -8.28. The van der Waals surface area contributed by atoms with Gasteiger partial charge in [-0.1, -0.05) is 28.4 Å². The van der Waals surface area contributed by atoms with E-state index in [1.54, 1.807) is 0 Å². The predicted octanol–water partition coefficient (Wildman–Crippen LogP) is 5.75. The van der Waals surface area contributed by atoms with E-state index in [9.17, 15) is 52.7 Å². The Kier molecular flexibility index (Phi) is 7.21. The van der Waals surface area contributed by atoms with Crippen molar-refractivity contribution in [2.24, 2.45) is 0 Å². The minimum absolute atomic E-state index is 0.0266. The van der Waals surface area contributed by atoms with E-state index in [2.05, 4.69) is 10.3 Å². The van der Waals surface area contributed by atoms with Crippen LogP contribution in [0.4, 0.5) is 39.5 Å². The number of aromatic nitrogens is 3. The number of amides is 1. The van der Waals surface area contributed by atoms with Crippen LogP contribution in [0.3, 0.4) is 0 Å². The summed E-state index contributed by atoms with van der Waals surface area (Å²) in [4.78, 5) is 10.4. The van der Waals surface area contributed by atoms with Gasteiger partial charge in [0.15, 0.2) is 11.4 Å². The first-order valence-corrected chi connectivity index (χ1v) is 11.3. The van der Waals surface area contributed by atoms with Crippen molar-refractivity contribution >= 4 is 39.1 Å². The predicted molar refractivity (Wildman–Crippen MR) is 107 cm³/mol. The molecule has 0 aliphatic heterocycles. The van der Waals surface area contributed by atoms with Crippen LogP contribution in [-0.4, -0.2) is 29.3 Å². The Morgan fingerprint density at radius 3 is 2.03 bits per heavy atom. The number of nitrogens with one attached hydrogen (secondary N) is 1. The first kappa shape index (κ1) is 28.5. The van der Waals surface area contributed by atoms with Crippen LogP contribution in [0.25, 0.3) is 5.69 Å². The number of halogens is 11. The van der Waals surface area contributed by atoms with Gasteiger partial charge in [-0.3, -0.25) is 4.79 Å². The maximum Gasteiger partial charge on any atom is 0.435 e. The maximum atomic E-state index is 13.8. The standard InChI is InChI=1S/C18H7Cl2F9N4O3S/c19-8-2-4-10(20)11(6-8)33-14(18(27,28)29)13(30-32-33)15(34)31-37(35,36)12-5-7(16(21,22)23)1-3-9(12)17(24,25)26/h1-6H,(H,31,34). The number of hydrogen-bond donors (Lipinski definition) is 1. The third-order valence-electron chi connectivity index (χ3n) is 4.42. The van der Waals surface area contributed by atoms with Crippen LogP contribution < -0.4 is 4.72 Å². The highest BCUT2D eigenvalue weighted by Gasteiger charge is 2.44. The number of nitrogens with zero attached hydrogens (tertiary/aromatic N) is 3. The average molecular weight is 601 g/mol. The molecule has 1 aromatic heterocycles. The van der Waals surface area contributed by atoms with Gasteiger partial charge in [0.25, 0.3) is 15.9 Å². The van der Waals surface area contributed by atoms with E-state index in [1.807, 2.05) is 0 Å². The summed E-state index contributed by atoms with van der Waals surface area (Å²) < 4.78 is 146. The minimum atomic E-state index is -5.85. The first-order valence-electron chi connectivity index (χ1n) is 9.07. The van der Waals surface area contributed by atoms with Crippen LogP contribution >= 0.6 is 23.2 Å². The van der Waals surface area contributed by atoms with Crippen LogP contribution in [0.5, 0.6) is 0 Å². The highest BCUT2D eigenvalue weighted by Crippen LogP contribution is 2.39. The van der Waals surface area contributed by atoms with Crippen LogP contribution in [0.15, 0.2) is 41.3 Å². The molecular weight excluding hydrogens is 594 g/mol. The summed E-state index contributed by atoms with van der Waals surface area (Å²) in [7, 11) is -5.85. The van der Waals surface area contributed by atoms with Crippen LogP contribution in [-0.2, 0) is 28.6 Å². The molecule has 0 bridgehead atoms. The Labute approximate surface area is 209 Å². The van der Waals surface area contributed by atoms with Crippen molar-refractivity contribution in [3.05, 3.63) is 69.0 Å². The third kappa shape index (κ3) is 5.93. The summed E-state index contributed by atoms with van der Waals surface area (Å²) in [6, 6.07) is 2.42. The van der Waals surface area contributed by atoms with Crippen molar-refractivity contribution in [2.75, 3.05) is 0 Å². The Bertz CT molecular complexity index is 1480. The number of hydrogen-bond acceptors (Lipinski definition) is 5. The van der Waals surface area contributed by atoms with Crippen molar-refractivity contribution in [3.63, 3.8) is 0 Å². The zero-order valence-corrected chi connectivity index (χ0v) is 19.4. The van der Waals surface area contributed by atoms with Crippen LogP contribution in [0.2, 0.25) is 10.0 Å². The van der Waals surface area contributed by atoms with Gasteiger partial charge in [0.1, 0.15) is 4.90 Å². The molecule has 7 nitrogen and oxygen atoms in total. The molecule has 37 heavy (non-hydrogen) atoms. The second-order valence-electron chi connectivity index (χ2n) is 6.93. The lowest BCUT2D eigenvalue weighted by atomic mass is 10.1. The second kappa shape index (κ2) is 9.36. The number of carbonyl (C=O) groups is 1. The molecule has 1 N–H and O–H groups in total. The molecule has 0 aliphatic carbocycles. The molecule has 19 heteroatoms. The fourth-order valence-corrected chi connectivity index (χ4v) is 4.46. The summed E-state index contributed by atoms with van der Waals surface area (Å²) >= 11 is 11.6. The molecule has 0 spiro atoms. The number of benzene rings is 2. The monoisotopic (exact) mass is 600 g/mol. The van der Waals surface area contributed by atoms with Gasteiger partial charge in [0.2, 0.25) is 0 Å². The Morgan fingerprint density at radius 2 is 1.49 bits per heavy atom. The molecule has 0 fully saturated rings. The lowest BCUT2D eigenvalue weighted by Gasteiger charge is -2.16. The van der Waals surface area contributed by atoms with E-state index < -0.39 is 73.6 Å². The summed E-state index contributed by atoms with van der Waals surface area (Å²) in [6.45, 7) is 0. The quantitative estimate of drug-likeness (QED) is 0.385. The fourth-order valence-electron chi connectivity index (χ4n) is 2.89. The topological polar surface area (TPSA) is 93.9 Å². The van der Waals surface area contributed by atoms with Gasteiger partial charge in [-0.15, -0.1) is 5.10 Å². The molecule has 1 heterocycles. The van der Waals surface area contributed by atoms with E-state index in [1.165, 1.54) is 6.07 Å². The Balaban J connectivity index is 2.15. The molecule has 1 amide bonds. The van der Waals surface area contributed by atoms with Crippen molar-refractivity contribution in [2.45, 2.75) is 23.4 Å². The number of rotatable bonds is 4. The SMILES string of the molecule is O=C(NS(=O)(=O)c1cc(C(F)(F)F)ccc1C(F)(F)F)c1nnn(-c2cc(Cl)ccc2Cl)c1C(F)(F)F. The van der Waals surface area contributed by atoms with Crippen molar-refractivity contribution < 1.29 is 52.7 Å². The molecular formula is C18H7Cl2F9N4O3S. The molecule has 3 rings (SSSR count). The molecule has 2 aromatic carbocycles. The van der Waals surface area contributed by atoms with Gasteiger partial charge >= 0.3 is 18.5 Å². The molecule has 0 unspecified atom stereocenters. The molecule has 0 atom stereocenters. The Hall–Kier alpha value is -3.05. The second-order valence-corrected chi connectivity index (χ2v) is 9.43. The van der Waals surface area contributed by atoms with Crippen molar-refractivity contribution in [1.29, 1.82) is 0 Å². The highest BCUT2D eigenvalue weighted by molar-refractivity contribution is 7.90. The van der Waals surface area contributed by atoms with Gasteiger partial charge in [0, 0.05) is 5.02 Å². The summed E-state index contributed by atoms with van der Waals surface area (Å²) in [5.74, 6) is -2.25. The fraction of sp³-hybridized carbons (Fsp3) is 0.167. The van der Waals surface area contributed by atoms with Crippen LogP contribution in [0.1, 0.15) is 27.3 Å². The van der Waals surface area contributed by atoms with E-state index in [0.717, 1.165) is 16.9 Å². The van der Waals surface area contributed by atoms with Gasteiger partial charge in [-0.2, -0.15) is 39.5 Å². The lowest BCUT2D eigenvalue weighted by Crippen LogP contribution is -2.34. The van der Waals surface area contributed by atoms with Crippen molar-refractivity contribution in [1.82, 2.24) is 19.7 Å². The van der Waals surface area contributed by atoms with Gasteiger partial charge < -0.3 is 0 Å². The molecule has 0 radical (unpaired) electrons. The van der Waals surface area contributed by atoms with Gasteiger partial charge in [-0.05, 0) is 36.4 Å². The molecule has 0 saturated heterocycles. The molecule has 0 saturated carbocycles. The van der Waals surface area contributed by atoms with E-state index in [0.29, 0.717) is 0 Å². The minimum Gasteiger partial charge on any atom is -0.266 e. The van der Waals surface area contributed by atoms with Crippen molar-refractivity contribution in [3.8, 4) is 5.69 Å². The van der Waals surface area contributed by atoms with Gasteiger partial charge in [0.05, 0.1) is 21.8 Å². The maximum absolute atomic E-state index is 13.8. The zero-order chi connectivity index (χ0) is 28.1.